The van der Waals surface area contributed by atoms with Crippen LogP contribution in [0, 0.1) is 5.82 Å². The van der Waals surface area contributed by atoms with Gasteiger partial charge in [0.15, 0.2) is 0 Å². The predicted octanol–water partition coefficient (Wildman–Crippen LogP) is 3.91. The van der Waals surface area contributed by atoms with E-state index in [9.17, 15) is 27.2 Å². The monoisotopic (exact) mass is 352 g/mol. The van der Waals surface area contributed by atoms with Crippen molar-refractivity contribution in [3.05, 3.63) is 59.4 Å². The van der Waals surface area contributed by atoms with Crippen LogP contribution in [0.3, 0.4) is 0 Å². The lowest BCUT2D eigenvalue weighted by molar-refractivity contribution is -0.137. The average molecular weight is 352 g/mol. The summed E-state index contributed by atoms with van der Waals surface area (Å²) < 4.78 is 51.5. The first-order valence-electron chi connectivity index (χ1n) is 7.31. The van der Waals surface area contributed by atoms with Crippen LogP contribution in [0.5, 0.6) is 0 Å². The summed E-state index contributed by atoms with van der Waals surface area (Å²) in [7, 11) is 0. The summed E-state index contributed by atoms with van der Waals surface area (Å²) in [4.78, 5) is 24.2. The summed E-state index contributed by atoms with van der Waals surface area (Å²) in [5.41, 5.74) is -0.338. The molecule has 2 aromatic carbocycles. The van der Waals surface area contributed by atoms with Gasteiger partial charge in [0.2, 0.25) is 11.8 Å². The first-order chi connectivity index (χ1) is 11.7. The van der Waals surface area contributed by atoms with Crippen LogP contribution >= 0.6 is 0 Å². The van der Waals surface area contributed by atoms with Gasteiger partial charge < -0.3 is 10.6 Å². The van der Waals surface area contributed by atoms with Crippen molar-refractivity contribution in [1.29, 1.82) is 0 Å². The van der Waals surface area contributed by atoms with Gasteiger partial charge in [-0.25, -0.2) is 4.39 Å². The van der Waals surface area contributed by atoms with Gasteiger partial charge in [-0.1, -0.05) is 12.1 Å². The fraction of sp³-hybridized carbons (Fsp3) is 0.176. The molecule has 4 nitrogen and oxygen atoms in total. The van der Waals surface area contributed by atoms with Crippen molar-refractivity contribution in [3.8, 4) is 0 Å². The standard InChI is InChI=1S/C17H12F4N2O2/c18-10-4-5-12-13(8-15(24)23-14(12)7-10)16(25)22-11-3-1-2-9(6-11)17(19,20)21/h1-7,13H,8H2,(H,22,25)(H,23,24)/t13-/m0/s1. The Morgan fingerprint density at radius 3 is 2.64 bits per heavy atom. The summed E-state index contributed by atoms with van der Waals surface area (Å²) in [6.07, 6.45) is -4.71. The molecule has 0 fully saturated rings. The molecule has 3 rings (SSSR count). The highest BCUT2D eigenvalue weighted by atomic mass is 19.4. The third-order valence-electron chi connectivity index (χ3n) is 3.83. The molecule has 2 aromatic rings. The molecule has 1 heterocycles. The minimum Gasteiger partial charge on any atom is -0.326 e. The normalized spacial score (nSPS) is 16.8. The molecule has 0 unspecified atom stereocenters. The van der Waals surface area contributed by atoms with Gasteiger partial charge in [0.1, 0.15) is 5.82 Å². The Balaban J connectivity index is 1.86. The Labute approximate surface area is 139 Å². The number of anilines is 2. The zero-order chi connectivity index (χ0) is 18.2. The third-order valence-corrected chi connectivity index (χ3v) is 3.83. The lowest BCUT2D eigenvalue weighted by atomic mass is 9.89. The molecule has 0 spiro atoms. The number of rotatable bonds is 2. The molecular weight excluding hydrogens is 340 g/mol. The van der Waals surface area contributed by atoms with E-state index in [1.165, 1.54) is 18.2 Å². The topological polar surface area (TPSA) is 58.2 Å². The smallest absolute Gasteiger partial charge is 0.326 e. The van der Waals surface area contributed by atoms with Crippen LogP contribution in [-0.4, -0.2) is 11.8 Å². The fourth-order valence-corrected chi connectivity index (χ4v) is 2.67. The van der Waals surface area contributed by atoms with Crippen LogP contribution < -0.4 is 10.6 Å². The first-order valence-corrected chi connectivity index (χ1v) is 7.31. The van der Waals surface area contributed by atoms with Gasteiger partial charge in [-0.05, 0) is 35.9 Å². The van der Waals surface area contributed by atoms with E-state index < -0.39 is 35.3 Å². The van der Waals surface area contributed by atoms with E-state index in [2.05, 4.69) is 10.6 Å². The first kappa shape index (κ1) is 16.9. The highest BCUT2D eigenvalue weighted by molar-refractivity contribution is 6.05. The van der Waals surface area contributed by atoms with E-state index in [1.54, 1.807) is 0 Å². The van der Waals surface area contributed by atoms with Gasteiger partial charge in [0.05, 0.1) is 11.5 Å². The average Bonchev–Trinajstić information content (AvgIpc) is 2.53. The number of alkyl halides is 3. The molecule has 8 heteroatoms. The number of fused-ring (bicyclic) bond motifs is 1. The van der Waals surface area contributed by atoms with Gasteiger partial charge in [0.25, 0.3) is 0 Å². The molecule has 2 amide bonds. The predicted molar refractivity (Wildman–Crippen MR) is 82.5 cm³/mol. The van der Waals surface area contributed by atoms with Gasteiger partial charge in [-0.2, -0.15) is 13.2 Å². The summed E-state index contributed by atoms with van der Waals surface area (Å²) in [6.45, 7) is 0. The van der Waals surface area contributed by atoms with Crippen molar-refractivity contribution in [1.82, 2.24) is 0 Å². The quantitative estimate of drug-likeness (QED) is 0.805. The lowest BCUT2D eigenvalue weighted by Gasteiger charge is -2.25. The number of hydrogen-bond acceptors (Lipinski definition) is 2. The van der Waals surface area contributed by atoms with Gasteiger partial charge in [0, 0.05) is 17.8 Å². The van der Waals surface area contributed by atoms with E-state index in [1.807, 2.05) is 0 Å². The Bertz CT molecular complexity index is 849. The van der Waals surface area contributed by atoms with Gasteiger partial charge in [-0.3, -0.25) is 9.59 Å². The van der Waals surface area contributed by atoms with Crippen molar-refractivity contribution in [2.24, 2.45) is 0 Å². The summed E-state index contributed by atoms with van der Waals surface area (Å²) in [5.74, 6) is -2.60. The molecule has 0 aromatic heterocycles. The molecule has 0 aliphatic carbocycles. The maximum atomic E-state index is 13.3. The number of carbonyl (C=O) groups is 2. The number of nitrogens with one attached hydrogen (secondary N) is 2. The molecule has 1 atom stereocenters. The molecular formula is C17H12F4N2O2. The Morgan fingerprint density at radius 2 is 1.92 bits per heavy atom. The molecule has 130 valence electrons. The van der Waals surface area contributed by atoms with Crippen molar-refractivity contribution >= 4 is 23.2 Å². The fourth-order valence-electron chi connectivity index (χ4n) is 2.67. The Hall–Kier alpha value is -2.90. The number of hydrogen-bond donors (Lipinski definition) is 2. The van der Waals surface area contributed by atoms with Crippen molar-refractivity contribution in [3.63, 3.8) is 0 Å². The van der Waals surface area contributed by atoms with E-state index in [0.717, 1.165) is 24.3 Å². The maximum absolute atomic E-state index is 13.3. The van der Waals surface area contributed by atoms with Gasteiger partial charge in [-0.15, -0.1) is 0 Å². The van der Waals surface area contributed by atoms with Crippen LogP contribution in [0.4, 0.5) is 28.9 Å². The number of carbonyl (C=O) groups excluding carboxylic acids is 2. The van der Waals surface area contributed by atoms with Crippen LogP contribution in [0.25, 0.3) is 0 Å². The van der Waals surface area contributed by atoms with E-state index in [-0.39, 0.29) is 17.8 Å². The molecule has 0 saturated heterocycles. The largest absolute Gasteiger partial charge is 0.416 e. The third kappa shape index (κ3) is 3.62. The van der Waals surface area contributed by atoms with Crippen molar-refractivity contribution in [2.75, 3.05) is 10.6 Å². The van der Waals surface area contributed by atoms with E-state index >= 15 is 0 Å². The molecule has 0 bridgehead atoms. The Kier molecular flexibility index (Phi) is 4.20. The van der Waals surface area contributed by atoms with E-state index in [0.29, 0.717) is 5.56 Å². The zero-order valence-electron chi connectivity index (χ0n) is 12.7. The highest BCUT2D eigenvalue weighted by Gasteiger charge is 2.32. The SMILES string of the molecule is O=C1C[C@H](C(=O)Nc2cccc(C(F)(F)F)c2)c2ccc(F)cc2N1. The maximum Gasteiger partial charge on any atom is 0.416 e. The second kappa shape index (κ2) is 6.19. The summed E-state index contributed by atoms with van der Waals surface area (Å²) in [6, 6.07) is 7.82. The van der Waals surface area contributed by atoms with Crippen molar-refractivity contribution in [2.45, 2.75) is 18.5 Å². The zero-order valence-corrected chi connectivity index (χ0v) is 12.7. The second-order valence-corrected chi connectivity index (χ2v) is 5.60. The summed E-state index contributed by atoms with van der Waals surface area (Å²) in [5, 5.41) is 4.86. The number of amides is 2. The summed E-state index contributed by atoms with van der Waals surface area (Å²) >= 11 is 0. The minimum absolute atomic E-state index is 0.0329. The van der Waals surface area contributed by atoms with E-state index in [4.69, 9.17) is 0 Å². The molecule has 1 aliphatic heterocycles. The molecule has 0 radical (unpaired) electrons. The number of benzene rings is 2. The van der Waals surface area contributed by atoms with Crippen LogP contribution in [0.2, 0.25) is 0 Å². The van der Waals surface area contributed by atoms with Crippen LogP contribution in [-0.2, 0) is 15.8 Å². The minimum atomic E-state index is -4.53. The lowest BCUT2D eigenvalue weighted by Crippen LogP contribution is -2.31. The molecule has 0 saturated carbocycles. The Morgan fingerprint density at radius 1 is 1.16 bits per heavy atom. The molecule has 25 heavy (non-hydrogen) atoms. The highest BCUT2D eigenvalue weighted by Crippen LogP contribution is 2.34. The van der Waals surface area contributed by atoms with Gasteiger partial charge >= 0.3 is 6.18 Å². The van der Waals surface area contributed by atoms with Crippen LogP contribution in [0.15, 0.2) is 42.5 Å². The second-order valence-electron chi connectivity index (χ2n) is 5.60. The number of halogens is 4. The van der Waals surface area contributed by atoms with Crippen LogP contribution in [0.1, 0.15) is 23.5 Å². The molecule has 1 aliphatic rings. The molecule has 2 N–H and O–H groups in total. The van der Waals surface area contributed by atoms with Crippen molar-refractivity contribution < 1.29 is 27.2 Å².